The number of carbonyl (C=O) groups excluding carboxylic acids is 1. The Hall–Kier alpha value is -2.06. The zero-order chi connectivity index (χ0) is 14.3. The molecule has 1 amide bonds. The predicted octanol–water partition coefficient (Wildman–Crippen LogP) is 1.83. The number of nitrogens with two attached hydrogens (primary N) is 1. The van der Waals surface area contributed by atoms with Crippen LogP contribution in [-0.4, -0.2) is 25.3 Å². The predicted molar refractivity (Wildman–Crippen MR) is 74.4 cm³/mol. The Balaban J connectivity index is 1.88. The summed E-state index contributed by atoms with van der Waals surface area (Å²) in [6, 6.07) is 8.20. The molecule has 1 aromatic rings. The molecule has 0 spiro atoms. The molecule has 2 fully saturated rings. The third-order valence-corrected chi connectivity index (χ3v) is 4.14. The number of carbonyl (C=O) groups is 1. The van der Waals surface area contributed by atoms with Gasteiger partial charge in [0.1, 0.15) is 6.10 Å². The molecule has 3 rings (SSSR count). The fourth-order valence-electron chi connectivity index (χ4n) is 2.77. The Morgan fingerprint density at radius 3 is 2.80 bits per heavy atom. The van der Waals surface area contributed by atoms with E-state index in [1.54, 1.807) is 4.90 Å². The fourth-order valence-corrected chi connectivity index (χ4v) is 2.77. The van der Waals surface area contributed by atoms with Crippen LogP contribution in [0.15, 0.2) is 18.2 Å². The lowest BCUT2D eigenvalue weighted by Gasteiger charge is -2.17. The zero-order valence-corrected chi connectivity index (χ0v) is 11.4. The highest BCUT2D eigenvalue weighted by atomic mass is 16.6. The van der Waals surface area contributed by atoms with Crippen molar-refractivity contribution in [2.24, 2.45) is 5.73 Å². The number of benzene rings is 1. The lowest BCUT2D eigenvalue weighted by Crippen LogP contribution is -2.27. The van der Waals surface area contributed by atoms with E-state index in [2.05, 4.69) is 6.07 Å². The van der Waals surface area contributed by atoms with Crippen molar-refractivity contribution in [3.8, 4) is 6.07 Å². The van der Waals surface area contributed by atoms with Gasteiger partial charge < -0.3 is 10.5 Å². The standard InChI is InChI=1S/C15H17N3O2/c1-10-6-11(18-8-12(7-16)20-14(18)19)2-3-13(10)15(9-17)4-5-15/h2-3,6,12H,4-5,7-8,16H2,1H3. The first-order valence-corrected chi connectivity index (χ1v) is 6.80. The summed E-state index contributed by atoms with van der Waals surface area (Å²) in [5, 5.41) is 9.28. The van der Waals surface area contributed by atoms with Crippen LogP contribution in [0.2, 0.25) is 0 Å². The minimum atomic E-state index is -0.353. The number of nitriles is 1. The Kier molecular flexibility index (Phi) is 2.91. The number of rotatable bonds is 3. The molecule has 0 radical (unpaired) electrons. The number of aryl methyl sites for hydroxylation is 1. The molecule has 5 heteroatoms. The van der Waals surface area contributed by atoms with Gasteiger partial charge in [0.15, 0.2) is 0 Å². The summed E-state index contributed by atoms with van der Waals surface area (Å²) >= 11 is 0. The van der Waals surface area contributed by atoms with Crippen LogP contribution in [0, 0.1) is 18.3 Å². The van der Waals surface area contributed by atoms with E-state index in [4.69, 9.17) is 10.5 Å². The van der Waals surface area contributed by atoms with Crippen LogP contribution in [0.1, 0.15) is 24.0 Å². The third-order valence-electron chi connectivity index (χ3n) is 4.14. The minimum Gasteiger partial charge on any atom is -0.443 e. The first-order chi connectivity index (χ1) is 9.59. The molecule has 0 bridgehead atoms. The lowest BCUT2D eigenvalue weighted by atomic mass is 9.93. The summed E-state index contributed by atoms with van der Waals surface area (Å²) < 4.78 is 5.16. The molecule has 1 saturated heterocycles. The van der Waals surface area contributed by atoms with Gasteiger partial charge in [0.05, 0.1) is 18.0 Å². The lowest BCUT2D eigenvalue weighted by molar-refractivity contribution is 0.145. The molecule has 1 saturated carbocycles. The van der Waals surface area contributed by atoms with Crippen LogP contribution in [0.3, 0.4) is 0 Å². The number of amides is 1. The third kappa shape index (κ3) is 1.93. The summed E-state index contributed by atoms with van der Waals surface area (Å²) in [6.07, 6.45) is 1.25. The number of cyclic esters (lactones) is 1. The Morgan fingerprint density at radius 2 is 2.30 bits per heavy atom. The monoisotopic (exact) mass is 271 g/mol. The van der Waals surface area contributed by atoms with E-state index in [1.807, 2.05) is 25.1 Å². The van der Waals surface area contributed by atoms with Crippen LogP contribution in [0.25, 0.3) is 0 Å². The van der Waals surface area contributed by atoms with E-state index in [1.165, 1.54) is 0 Å². The smallest absolute Gasteiger partial charge is 0.414 e. The van der Waals surface area contributed by atoms with Crippen LogP contribution in [-0.2, 0) is 10.2 Å². The Labute approximate surface area is 117 Å². The quantitative estimate of drug-likeness (QED) is 0.909. The average Bonchev–Trinajstić information content (AvgIpc) is 3.15. The summed E-state index contributed by atoms with van der Waals surface area (Å²) in [6.45, 7) is 2.80. The molecular weight excluding hydrogens is 254 g/mol. The maximum atomic E-state index is 11.8. The molecule has 104 valence electrons. The minimum absolute atomic E-state index is 0.239. The van der Waals surface area contributed by atoms with Gasteiger partial charge in [-0.3, -0.25) is 4.90 Å². The molecule has 2 N–H and O–H groups in total. The summed E-state index contributed by atoms with van der Waals surface area (Å²) in [4.78, 5) is 13.4. The molecule has 20 heavy (non-hydrogen) atoms. The molecule has 5 nitrogen and oxygen atoms in total. The SMILES string of the molecule is Cc1cc(N2CC(CN)OC2=O)ccc1C1(C#N)CC1. The van der Waals surface area contributed by atoms with Gasteiger partial charge in [-0.25, -0.2) is 4.79 Å². The molecule has 0 aromatic heterocycles. The van der Waals surface area contributed by atoms with Gasteiger partial charge in [0, 0.05) is 12.2 Å². The first-order valence-electron chi connectivity index (χ1n) is 6.80. The van der Waals surface area contributed by atoms with Gasteiger partial charge >= 0.3 is 6.09 Å². The molecule has 1 atom stereocenters. The van der Waals surface area contributed by atoms with Gasteiger partial charge in [-0.05, 0) is 43.0 Å². The molecule has 1 aliphatic heterocycles. The van der Waals surface area contributed by atoms with E-state index in [0.29, 0.717) is 13.1 Å². The molecular formula is C15H17N3O2. The largest absolute Gasteiger partial charge is 0.443 e. The number of hydrogen-bond acceptors (Lipinski definition) is 4. The summed E-state index contributed by atoms with van der Waals surface area (Å²) in [7, 11) is 0. The van der Waals surface area contributed by atoms with Gasteiger partial charge in [0.2, 0.25) is 0 Å². The second-order valence-corrected chi connectivity index (χ2v) is 5.55. The van der Waals surface area contributed by atoms with Crippen molar-refractivity contribution < 1.29 is 9.53 Å². The fraction of sp³-hybridized carbons (Fsp3) is 0.467. The van der Waals surface area contributed by atoms with Crippen molar-refractivity contribution in [2.75, 3.05) is 18.0 Å². The van der Waals surface area contributed by atoms with E-state index in [0.717, 1.165) is 29.7 Å². The van der Waals surface area contributed by atoms with E-state index in [9.17, 15) is 10.1 Å². The highest BCUT2D eigenvalue weighted by Gasteiger charge is 2.45. The summed E-state index contributed by atoms with van der Waals surface area (Å²) in [5.41, 5.74) is 8.16. The maximum absolute atomic E-state index is 11.8. The number of nitrogens with zero attached hydrogens (tertiary/aromatic N) is 2. The van der Waals surface area contributed by atoms with Crippen molar-refractivity contribution in [1.29, 1.82) is 5.26 Å². The van der Waals surface area contributed by atoms with Gasteiger partial charge in [-0.1, -0.05) is 6.07 Å². The van der Waals surface area contributed by atoms with Gasteiger partial charge in [-0.15, -0.1) is 0 Å². The van der Waals surface area contributed by atoms with Crippen molar-refractivity contribution in [3.05, 3.63) is 29.3 Å². The van der Waals surface area contributed by atoms with Crippen molar-refractivity contribution >= 4 is 11.8 Å². The van der Waals surface area contributed by atoms with Gasteiger partial charge in [-0.2, -0.15) is 5.26 Å². The Bertz CT molecular complexity index is 602. The second kappa shape index (κ2) is 4.50. The molecule has 1 heterocycles. The topological polar surface area (TPSA) is 79.3 Å². The highest BCUT2D eigenvalue weighted by molar-refractivity contribution is 5.90. The zero-order valence-electron chi connectivity index (χ0n) is 11.4. The van der Waals surface area contributed by atoms with E-state index < -0.39 is 0 Å². The van der Waals surface area contributed by atoms with E-state index in [-0.39, 0.29) is 17.6 Å². The second-order valence-electron chi connectivity index (χ2n) is 5.55. The summed E-state index contributed by atoms with van der Waals surface area (Å²) in [5.74, 6) is 0. The van der Waals surface area contributed by atoms with Crippen LogP contribution >= 0.6 is 0 Å². The van der Waals surface area contributed by atoms with Crippen LogP contribution in [0.4, 0.5) is 10.5 Å². The average molecular weight is 271 g/mol. The maximum Gasteiger partial charge on any atom is 0.414 e. The van der Waals surface area contributed by atoms with E-state index >= 15 is 0 Å². The molecule has 2 aliphatic rings. The number of hydrogen-bond donors (Lipinski definition) is 1. The number of anilines is 1. The number of ether oxygens (including phenoxy) is 1. The van der Waals surface area contributed by atoms with Crippen molar-refractivity contribution in [2.45, 2.75) is 31.3 Å². The highest BCUT2D eigenvalue weighted by Crippen LogP contribution is 2.49. The normalized spacial score (nSPS) is 23.4. The molecule has 1 unspecified atom stereocenters. The van der Waals surface area contributed by atoms with Crippen molar-refractivity contribution in [3.63, 3.8) is 0 Å². The molecule has 1 aliphatic carbocycles. The van der Waals surface area contributed by atoms with Crippen LogP contribution in [0.5, 0.6) is 0 Å². The Morgan fingerprint density at radius 1 is 1.55 bits per heavy atom. The first kappa shape index (κ1) is 12.9. The van der Waals surface area contributed by atoms with Crippen molar-refractivity contribution in [1.82, 2.24) is 0 Å². The molecule has 1 aromatic carbocycles. The van der Waals surface area contributed by atoms with Gasteiger partial charge in [0.25, 0.3) is 0 Å². The van der Waals surface area contributed by atoms with Crippen LogP contribution < -0.4 is 10.6 Å².